The first kappa shape index (κ1) is 32.1. The molecule has 2 nitrogen and oxygen atoms in total. The molecule has 57 heavy (non-hydrogen) atoms. The Morgan fingerprint density at radius 3 is 1.95 bits per heavy atom. The molecule has 12 rings (SSSR count). The summed E-state index contributed by atoms with van der Waals surface area (Å²) in [5, 5.41) is 12.2. The fourth-order valence-corrected chi connectivity index (χ4v) is 10.3. The fraction of sp³-hybridized carbons (Fsp3) is 0. The largest absolute Gasteiger partial charge is 0.455 e. The molecule has 0 N–H and O–H groups in total. The molecule has 0 aliphatic carbocycles. The van der Waals surface area contributed by atoms with Gasteiger partial charge in [-0.2, -0.15) is 0 Å². The number of benzene rings is 10. The smallest absolute Gasteiger partial charge is 0.143 e. The van der Waals surface area contributed by atoms with Gasteiger partial charge in [-0.3, -0.25) is 0 Å². The zero-order chi connectivity index (χ0) is 37.5. The van der Waals surface area contributed by atoms with Gasteiger partial charge in [-0.05, 0) is 86.1 Å². The molecule has 0 aliphatic heterocycles. The van der Waals surface area contributed by atoms with E-state index in [-0.39, 0.29) is 0 Å². The lowest BCUT2D eigenvalue weighted by Crippen LogP contribution is -2.11. The van der Waals surface area contributed by atoms with Gasteiger partial charge < -0.3 is 9.32 Å². The normalized spacial score (nSPS) is 11.9. The summed E-state index contributed by atoms with van der Waals surface area (Å²) in [6.07, 6.45) is 0. The quantitative estimate of drug-likeness (QED) is 0.163. The summed E-state index contributed by atoms with van der Waals surface area (Å²) in [6, 6.07) is 72.7. The number of fused-ring (bicyclic) bond motifs is 10. The van der Waals surface area contributed by atoms with E-state index in [1.807, 2.05) is 11.3 Å². The lowest BCUT2D eigenvalue weighted by molar-refractivity contribution is 0.670. The number of anilines is 3. The van der Waals surface area contributed by atoms with E-state index in [0.717, 1.165) is 50.0 Å². The number of thiophene rings is 1. The van der Waals surface area contributed by atoms with Gasteiger partial charge in [0.25, 0.3) is 0 Å². The van der Waals surface area contributed by atoms with E-state index in [9.17, 15) is 0 Å². The fourth-order valence-electron chi connectivity index (χ4n) is 9.07. The third kappa shape index (κ3) is 4.96. The minimum atomic E-state index is 0.893. The highest BCUT2D eigenvalue weighted by Crippen LogP contribution is 2.49. The van der Waals surface area contributed by atoms with Crippen LogP contribution in [0.5, 0.6) is 0 Å². The van der Waals surface area contributed by atoms with Crippen molar-refractivity contribution in [1.82, 2.24) is 0 Å². The van der Waals surface area contributed by atoms with Crippen LogP contribution < -0.4 is 4.90 Å². The van der Waals surface area contributed by atoms with Gasteiger partial charge in [0.1, 0.15) is 11.2 Å². The molecule has 0 fully saturated rings. The first-order chi connectivity index (χ1) is 28.3. The molecule has 0 radical (unpaired) electrons. The summed E-state index contributed by atoms with van der Waals surface area (Å²) < 4.78 is 9.27. The number of hydrogen-bond acceptors (Lipinski definition) is 3. The second-order valence-electron chi connectivity index (χ2n) is 14.8. The van der Waals surface area contributed by atoms with Crippen molar-refractivity contribution in [3.8, 4) is 22.3 Å². The van der Waals surface area contributed by atoms with Gasteiger partial charge in [-0.25, -0.2) is 0 Å². The van der Waals surface area contributed by atoms with E-state index in [1.165, 1.54) is 63.7 Å². The second kappa shape index (κ2) is 12.7. The molecule has 0 amide bonds. The topological polar surface area (TPSA) is 16.4 Å². The molecule has 0 bridgehead atoms. The van der Waals surface area contributed by atoms with Crippen LogP contribution in [0.1, 0.15) is 0 Å². The Labute approximate surface area is 333 Å². The summed E-state index contributed by atoms with van der Waals surface area (Å²) in [6.45, 7) is 0. The maximum Gasteiger partial charge on any atom is 0.143 e. The Hall–Kier alpha value is -7.20. The molecular formula is C54H33NOS. The number of nitrogens with zero attached hydrogens (tertiary/aromatic N) is 1. The molecule has 0 aliphatic rings. The van der Waals surface area contributed by atoms with E-state index in [1.54, 1.807) is 0 Å². The van der Waals surface area contributed by atoms with Gasteiger partial charge >= 0.3 is 0 Å². The van der Waals surface area contributed by atoms with Crippen molar-refractivity contribution in [2.45, 2.75) is 0 Å². The Bertz CT molecular complexity index is 3540. The molecule has 0 atom stereocenters. The SMILES string of the molecule is c1ccc(-c2ccc(-c3ccc(N(c4ccc5c(ccc6ccccc65)c4)c4cccc5c4sc4ccccc45)c4ccccc34)c3c2oc2ccccc23)cc1. The molecule has 0 unspecified atom stereocenters. The molecule has 3 heteroatoms. The van der Waals surface area contributed by atoms with Crippen molar-refractivity contribution >= 4 is 103 Å². The third-order valence-electron chi connectivity index (χ3n) is 11.7. The highest BCUT2D eigenvalue weighted by atomic mass is 32.1. The highest BCUT2D eigenvalue weighted by Gasteiger charge is 2.23. The van der Waals surface area contributed by atoms with Crippen LogP contribution in [-0.2, 0) is 0 Å². The summed E-state index contributed by atoms with van der Waals surface area (Å²) in [5.41, 5.74) is 9.80. The average molecular weight is 744 g/mol. The zero-order valence-electron chi connectivity index (χ0n) is 30.8. The van der Waals surface area contributed by atoms with Crippen LogP contribution in [0.15, 0.2) is 205 Å². The predicted molar refractivity (Wildman–Crippen MR) is 245 cm³/mol. The zero-order valence-corrected chi connectivity index (χ0v) is 31.6. The van der Waals surface area contributed by atoms with Gasteiger partial charge in [-0.15, -0.1) is 11.3 Å². The Kier molecular flexibility index (Phi) is 7.13. The van der Waals surface area contributed by atoms with Crippen molar-refractivity contribution < 1.29 is 4.42 Å². The van der Waals surface area contributed by atoms with Gasteiger partial charge in [0.15, 0.2) is 0 Å². The van der Waals surface area contributed by atoms with Gasteiger partial charge in [0.05, 0.1) is 16.1 Å². The minimum Gasteiger partial charge on any atom is -0.455 e. The lowest BCUT2D eigenvalue weighted by atomic mass is 9.91. The van der Waals surface area contributed by atoms with Crippen LogP contribution in [0, 0.1) is 0 Å². The molecule has 0 spiro atoms. The van der Waals surface area contributed by atoms with E-state index in [2.05, 4.69) is 205 Å². The third-order valence-corrected chi connectivity index (χ3v) is 12.9. The molecule has 0 saturated heterocycles. The van der Waals surface area contributed by atoms with Crippen molar-refractivity contribution in [3.05, 3.63) is 200 Å². The van der Waals surface area contributed by atoms with Crippen LogP contribution in [0.2, 0.25) is 0 Å². The standard InChI is InChI=1S/C54H33NOS/c1-2-13-34(14-3-1)40-29-30-45(52-47-20-8-10-23-50(47)56-53(40)52)42-31-32-48(43-18-7-6-17-41(42)43)55(49-22-12-21-46-44-19-9-11-24-51(44)57-54(46)49)37-27-28-39-36(33-37)26-25-35-15-4-5-16-38(35)39/h1-33H. The van der Waals surface area contributed by atoms with E-state index in [0.29, 0.717) is 0 Å². The molecular weight excluding hydrogens is 711 g/mol. The Morgan fingerprint density at radius 2 is 1.05 bits per heavy atom. The van der Waals surface area contributed by atoms with E-state index >= 15 is 0 Å². The summed E-state index contributed by atoms with van der Waals surface area (Å²) in [5.74, 6) is 0. The molecule has 2 aromatic heterocycles. The summed E-state index contributed by atoms with van der Waals surface area (Å²) in [7, 11) is 0. The number of hydrogen-bond donors (Lipinski definition) is 0. The Morgan fingerprint density at radius 1 is 0.386 bits per heavy atom. The summed E-state index contributed by atoms with van der Waals surface area (Å²) >= 11 is 1.87. The van der Waals surface area contributed by atoms with E-state index in [4.69, 9.17) is 4.42 Å². The average Bonchev–Trinajstić information content (AvgIpc) is 3.86. The first-order valence-corrected chi connectivity index (χ1v) is 20.2. The van der Waals surface area contributed by atoms with Crippen molar-refractivity contribution in [2.75, 3.05) is 4.90 Å². The lowest BCUT2D eigenvalue weighted by Gasteiger charge is -2.28. The number of rotatable bonds is 5. The number of para-hydroxylation sites is 1. The van der Waals surface area contributed by atoms with Crippen molar-refractivity contribution in [1.29, 1.82) is 0 Å². The van der Waals surface area contributed by atoms with Crippen molar-refractivity contribution in [2.24, 2.45) is 0 Å². The van der Waals surface area contributed by atoms with Crippen LogP contribution in [0.25, 0.3) is 96.7 Å². The van der Waals surface area contributed by atoms with Gasteiger partial charge in [-0.1, -0.05) is 158 Å². The van der Waals surface area contributed by atoms with Gasteiger partial charge in [0, 0.05) is 42.9 Å². The molecule has 0 saturated carbocycles. The Balaban J connectivity index is 1.13. The van der Waals surface area contributed by atoms with Crippen LogP contribution in [-0.4, -0.2) is 0 Å². The molecule has 2 heterocycles. The van der Waals surface area contributed by atoms with Gasteiger partial charge in [0.2, 0.25) is 0 Å². The summed E-state index contributed by atoms with van der Waals surface area (Å²) in [4.78, 5) is 2.49. The predicted octanol–water partition coefficient (Wildman–Crippen LogP) is 16.2. The minimum absolute atomic E-state index is 0.893. The second-order valence-corrected chi connectivity index (χ2v) is 15.8. The maximum atomic E-state index is 6.71. The molecule has 12 aromatic rings. The van der Waals surface area contributed by atoms with Crippen LogP contribution in [0.3, 0.4) is 0 Å². The van der Waals surface area contributed by atoms with Crippen LogP contribution in [0.4, 0.5) is 17.1 Å². The first-order valence-electron chi connectivity index (χ1n) is 19.4. The monoisotopic (exact) mass is 743 g/mol. The maximum absolute atomic E-state index is 6.71. The van der Waals surface area contributed by atoms with Crippen molar-refractivity contribution in [3.63, 3.8) is 0 Å². The molecule has 10 aromatic carbocycles. The van der Waals surface area contributed by atoms with Crippen LogP contribution >= 0.6 is 11.3 Å². The molecule has 266 valence electrons. The highest BCUT2D eigenvalue weighted by molar-refractivity contribution is 7.26. The number of furan rings is 1. The van der Waals surface area contributed by atoms with E-state index < -0.39 is 0 Å².